The van der Waals surface area contributed by atoms with Crippen LogP contribution in [-0.2, 0) is 25.4 Å². The van der Waals surface area contributed by atoms with E-state index in [0.29, 0.717) is 18.5 Å². The van der Waals surface area contributed by atoms with E-state index >= 15 is 0 Å². The van der Waals surface area contributed by atoms with E-state index in [1.54, 1.807) is 16.6 Å². The van der Waals surface area contributed by atoms with Gasteiger partial charge in [0, 0.05) is 37.0 Å². The van der Waals surface area contributed by atoms with Crippen LogP contribution in [0.2, 0.25) is 0 Å². The molecule has 2 N–H and O–H groups in total. The number of fused-ring (bicyclic) bond motifs is 1. The van der Waals surface area contributed by atoms with Gasteiger partial charge in [-0.2, -0.15) is 5.10 Å². The molecule has 0 atom stereocenters. The number of carboxylic acid groups (broad SMARTS) is 1. The van der Waals surface area contributed by atoms with Gasteiger partial charge in [-0.1, -0.05) is 32.9 Å². The van der Waals surface area contributed by atoms with E-state index < -0.39 is 5.97 Å². The molecule has 0 saturated heterocycles. The van der Waals surface area contributed by atoms with Crippen molar-refractivity contribution in [1.29, 1.82) is 0 Å². The molecular weight excluding hydrogens is 332 g/mol. The van der Waals surface area contributed by atoms with E-state index in [4.69, 9.17) is 0 Å². The van der Waals surface area contributed by atoms with Gasteiger partial charge in [0.25, 0.3) is 0 Å². The molecule has 26 heavy (non-hydrogen) atoms. The summed E-state index contributed by atoms with van der Waals surface area (Å²) in [6.45, 7) is 7.19. The summed E-state index contributed by atoms with van der Waals surface area (Å²) < 4.78 is 1.60. The van der Waals surface area contributed by atoms with Crippen molar-refractivity contribution in [3.8, 4) is 0 Å². The summed E-state index contributed by atoms with van der Waals surface area (Å²) in [4.78, 5) is 25.6. The normalized spacial score (nSPS) is 14.1. The Hall–Kier alpha value is -2.83. The van der Waals surface area contributed by atoms with Gasteiger partial charge in [0.05, 0.1) is 6.54 Å². The van der Waals surface area contributed by atoms with Crippen LogP contribution in [0, 0.1) is 0 Å². The lowest BCUT2D eigenvalue weighted by atomic mass is 9.87. The van der Waals surface area contributed by atoms with Crippen LogP contribution in [0.4, 0.5) is 10.5 Å². The van der Waals surface area contributed by atoms with Crippen LogP contribution in [0.3, 0.4) is 0 Å². The van der Waals surface area contributed by atoms with Gasteiger partial charge in [-0.25, -0.2) is 9.59 Å². The molecular formula is C19H24N4O3. The molecule has 0 fully saturated rings. The topological polar surface area (TPSA) is 87.5 Å². The molecule has 1 aliphatic heterocycles. The van der Waals surface area contributed by atoms with Crippen molar-refractivity contribution in [1.82, 2.24) is 14.7 Å². The van der Waals surface area contributed by atoms with Gasteiger partial charge in [0.2, 0.25) is 0 Å². The van der Waals surface area contributed by atoms with Crippen LogP contribution >= 0.6 is 0 Å². The molecule has 0 radical (unpaired) electrons. The molecule has 0 bridgehead atoms. The lowest BCUT2D eigenvalue weighted by Crippen LogP contribution is -2.39. The number of amides is 2. The lowest BCUT2D eigenvalue weighted by molar-refractivity contribution is 0.0687. The number of nitrogens with zero attached hydrogens (tertiary/aromatic N) is 3. The highest BCUT2D eigenvalue weighted by atomic mass is 16.4. The van der Waals surface area contributed by atoms with E-state index in [1.807, 2.05) is 24.3 Å². The number of nitrogens with one attached hydrogen (secondary N) is 1. The highest BCUT2D eigenvalue weighted by Gasteiger charge is 2.29. The summed E-state index contributed by atoms with van der Waals surface area (Å²) >= 11 is 0. The van der Waals surface area contributed by atoms with Gasteiger partial charge in [-0.3, -0.25) is 4.68 Å². The number of carboxylic acids is 1. The first-order chi connectivity index (χ1) is 12.2. The van der Waals surface area contributed by atoms with Crippen LogP contribution in [-0.4, -0.2) is 38.3 Å². The predicted octanol–water partition coefficient (Wildman–Crippen LogP) is 3.01. The summed E-state index contributed by atoms with van der Waals surface area (Å²) in [6, 6.07) is 7.56. The Kier molecular flexibility index (Phi) is 4.48. The Bertz CT molecular complexity index is 847. The number of hydrogen-bond acceptors (Lipinski definition) is 3. The number of urea groups is 1. The lowest BCUT2D eigenvalue weighted by Gasteiger charge is -2.27. The van der Waals surface area contributed by atoms with Crippen molar-refractivity contribution < 1.29 is 14.7 Å². The summed E-state index contributed by atoms with van der Waals surface area (Å²) in [5.74, 6) is -1.07. The number of hydrogen-bond donors (Lipinski definition) is 2. The third-order valence-corrected chi connectivity index (χ3v) is 4.73. The zero-order chi connectivity index (χ0) is 19.1. The van der Waals surface area contributed by atoms with Crippen molar-refractivity contribution in [3.63, 3.8) is 0 Å². The minimum absolute atomic E-state index is 0.0227. The van der Waals surface area contributed by atoms with Crippen molar-refractivity contribution in [2.45, 2.75) is 39.2 Å². The Morgan fingerprint density at radius 1 is 1.19 bits per heavy atom. The molecule has 1 aliphatic rings. The molecule has 2 heterocycles. The predicted molar refractivity (Wildman–Crippen MR) is 98.4 cm³/mol. The van der Waals surface area contributed by atoms with E-state index in [9.17, 15) is 14.7 Å². The van der Waals surface area contributed by atoms with Gasteiger partial charge >= 0.3 is 12.0 Å². The molecule has 0 spiro atoms. The van der Waals surface area contributed by atoms with Gasteiger partial charge in [-0.05, 0) is 23.1 Å². The molecule has 7 nitrogen and oxygen atoms in total. The minimum Gasteiger partial charge on any atom is -0.476 e. The van der Waals surface area contributed by atoms with Gasteiger partial charge in [0.15, 0.2) is 5.69 Å². The number of aromatic carboxylic acids is 1. The second kappa shape index (κ2) is 6.48. The van der Waals surface area contributed by atoms with Crippen LogP contribution in [0.1, 0.15) is 48.1 Å². The maximum absolute atomic E-state index is 12.6. The maximum atomic E-state index is 12.6. The van der Waals surface area contributed by atoms with E-state index in [0.717, 1.165) is 11.4 Å². The summed E-state index contributed by atoms with van der Waals surface area (Å²) in [6.07, 6.45) is 0.586. The standard InChI is InChI=1S/C19H24N4O3/c1-19(2,3)12-5-7-13(8-6-12)20-18(26)23-10-9-15-14(11-23)16(17(24)25)21-22(15)4/h5-8H,9-11H2,1-4H3,(H,20,26)(H,24,25). The first-order valence-electron chi connectivity index (χ1n) is 8.61. The molecule has 3 rings (SSSR count). The SMILES string of the molecule is Cn1nc(C(=O)O)c2c1CCN(C(=O)Nc1ccc(C(C)(C)C)cc1)C2. The molecule has 7 heteroatoms. The van der Waals surface area contributed by atoms with Crippen molar-refractivity contribution in [2.24, 2.45) is 7.05 Å². The van der Waals surface area contributed by atoms with Crippen molar-refractivity contribution in [3.05, 3.63) is 46.8 Å². The van der Waals surface area contributed by atoms with Gasteiger partial charge < -0.3 is 15.3 Å². The van der Waals surface area contributed by atoms with Crippen LogP contribution < -0.4 is 5.32 Å². The monoisotopic (exact) mass is 356 g/mol. The minimum atomic E-state index is -1.07. The number of rotatable bonds is 2. The van der Waals surface area contributed by atoms with E-state index in [2.05, 4.69) is 31.2 Å². The van der Waals surface area contributed by atoms with E-state index in [-0.39, 0.29) is 23.7 Å². The molecule has 1 aromatic heterocycles. The van der Waals surface area contributed by atoms with Gasteiger partial charge in [0.1, 0.15) is 0 Å². The second-order valence-electron chi connectivity index (χ2n) is 7.63. The second-order valence-corrected chi connectivity index (χ2v) is 7.63. The third kappa shape index (κ3) is 3.42. The Morgan fingerprint density at radius 2 is 1.85 bits per heavy atom. The van der Waals surface area contributed by atoms with Crippen LogP contribution in [0.25, 0.3) is 0 Å². The maximum Gasteiger partial charge on any atom is 0.356 e. The molecule has 0 saturated carbocycles. The van der Waals surface area contributed by atoms with Crippen molar-refractivity contribution >= 4 is 17.7 Å². The number of aryl methyl sites for hydroxylation is 1. The number of aromatic nitrogens is 2. The molecule has 2 aromatic rings. The zero-order valence-electron chi connectivity index (χ0n) is 15.5. The summed E-state index contributed by atoms with van der Waals surface area (Å²) in [5, 5.41) is 16.3. The molecule has 1 aromatic carbocycles. The number of carbonyl (C=O) groups is 2. The highest BCUT2D eigenvalue weighted by molar-refractivity contribution is 5.91. The Labute approximate surface area is 152 Å². The number of benzene rings is 1. The van der Waals surface area contributed by atoms with Crippen LogP contribution in [0.15, 0.2) is 24.3 Å². The molecule has 138 valence electrons. The quantitative estimate of drug-likeness (QED) is 0.866. The number of anilines is 1. The molecule has 2 amide bonds. The third-order valence-electron chi connectivity index (χ3n) is 4.73. The first-order valence-corrected chi connectivity index (χ1v) is 8.61. The molecule has 0 aliphatic carbocycles. The Morgan fingerprint density at radius 3 is 2.42 bits per heavy atom. The van der Waals surface area contributed by atoms with E-state index in [1.165, 1.54) is 5.56 Å². The number of carbonyl (C=O) groups excluding carboxylic acids is 1. The molecule has 0 unspecified atom stereocenters. The van der Waals surface area contributed by atoms with Crippen LogP contribution in [0.5, 0.6) is 0 Å². The fourth-order valence-electron chi connectivity index (χ4n) is 3.19. The summed E-state index contributed by atoms with van der Waals surface area (Å²) in [7, 11) is 1.73. The average Bonchev–Trinajstić information content (AvgIpc) is 2.91. The first kappa shape index (κ1) is 18.0. The van der Waals surface area contributed by atoms with Crippen molar-refractivity contribution in [2.75, 3.05) is 11.9 Å². The summed E-state index contributed by atoms with van der Waals surface area (Å²) in [5.41, 5.74) is 3.48. The zero-order valence-corrected chi connectivity index (χ0v) is 15.5. The fourth-order valence-corrected chi connectivity index (χ4v) is 3.19. The Balaban J connectivity index is 1.73. The average molecular weight is 356 g/mol. The fraction of sp³-hybridized carbons (Fsp3) is 0.421. The smallest absolute Gasteiger partial charge is 0.356 e. The largest absolute Gasteiger partial charge is 0.476 e. The highest BCUT2D eigenvalue weighted by Crippen LogP contribution is 2.25. The van der Waals surface area contributed by atoms with Gasteiger partial charge in [-0.15, -0.1) is 0 Å².